The molecule has 0 saturated carbocycles. The molecule has 0 bridgehead atoms. The second-order valence-electron chi connectivity index (χ2n) is 4.94. The average molecular weight is 265 g/mol. The van der Waals surface area contributed by atoms with Crippen LogP contribution in [0.5, 0.6) is 11.5 Å². The number of carbonyl (C=O) groups is 1. The van der Waals surface area contributed by atoms with Crippen molar-refractivity contribution in [2.45, 2.75) is 20.3 Å². The summed E-state index contributed by atoms with van der Waals surface area (Å²) in [7, 11) is 3.44. The molecule has 4 nitrogen and oxygen atoms in total. The van der Waals surface area contributed by atoms with Crippen LogP contribution in [0.15, 0.2) is 24.3 Å². The van der Waals surface area contributed by atoms with Crippen LogP contribution in [0.3, 0.4) is 0 Å². The largest absolute Gasteiger partial charge is 0.497 e. The van der Waals surface area contributed by atoms with Gasteiger partial charge in [0.15, 0.2) is 0 Å². The van der Waals surface area contributed by atoms with Crippen molar-refractivity contribution in [3.63, 3.8) is 0 Å². The Balaban J connectivity index is 2.30. The molecule has 106 valence electrons. The third-order valence-electron chi connectivity index (χ3n) is 2.76. The van der Waals surface area contributed by atoms with E-state index in [0.717, 1.165) is 11.5 Å². The van der Waals surface area contributed by atoms with E-state index in [1.54, 1.807) is 12.0 Å². The van der Waals surface area contributed by atoms with Crippen LogP contribution in [-0.4, -0.2) is 38.1 Å². The standard InChI is InChI=1S/C15H23NO3/c1-12(2)11-15(17)16(3)9-10-19-14-7-5-13(18-4)6-8-14/h5-8,12H,9-11H2,1-4H3. The molecule has 1 amide bonds. The van der Waals surface area contributed by atoms with E-state index in [4.69, 9.17) is 9.47 Å². The minimum Gasteiger partial charge on any atom is -0.497 e. The second kappa shape index (κ2) is 7.67. The summed E-state index contributed by atoms with van der Waals surface area (Å²) in [6, 6.07) is 7.41. The molecule has 0 aliphatic carbocycles. The van der Waals surface area contributed by atoms with Crippen molar-refractivity contribution in [2.75, 3.05) is 27.3 Å². The van der Waals surface area contributed by atoms with Crippen LogP contribution in [0.4, 0.5) is 0 Å². The minimum atomic E-state index is 0.160. The lowest BCUT2D eigenvalue weighted by Crippen LogP contribution is -2.31. The Bertz CT molecular complexity index is 387. The van der Waals surface area contributed by atoms with Gasteiger partial charge in [-0.05, 0) is 30.2 Å². The first-order chi connectivity index (χ1) is 9.02. The Morgan fingerprint density at radius 2 is 1.79 bits per heavy atom. The summed E-state index contributed by atoms with van der Waals surface area (Å²) < 4.78 is 10.7. The van der Waals surface area contributed by atoms with Crippen molar-refractivity contribution in [1.29, 1.82) is 0 Å². The number of ether oxygens (including phenoxy) is 2. The van der Waals surface area contributed by atoms with Crippen molar-refractivity contribution < 1.29 is 14.3 Å². The molecular formula is C15H23NO3. The van der Waals surface area contributed by atoms with Crippen LogP contribution in [0, 0.1) is 5.92 Å². The molecule has 0 spiro atoms. The molecule has 4 heteroatoms. The molecule has 1 aromatic rings. The number of hydrogen-bond acceptors (Lipinski definition) is 3. The predicted octanol–water partition coefficient (Wildman–Crippen LogP) is 2.58. The fraction of sp³-hybridized carbons (Fsp3) is 0.533. The van der Waals surface area contributed by atoms with Crippen LogP contribution < -0.4 is 9.47 Å². The van der Waals surface area contributed by atoms with Gasteiger partial charge in [0, 0.05) is 13.5 Å². The Kier molecular flexibility index (Phi) is 6.19. The zero-order valence-electron chi connectivity index (χ0n) is 12.2. The average Bonchev–Trinajstić information content (AvgIpc) is 2.38. The summed E-state index contributed by atoms with van der Waals surface area (Å²) in [4.78, 5) is 13.4. The summed E-state index contributed by atoms with van der Waals surface area (Å²) in [6.07, 6.45) is 0.582. The fourth-order valence-corrected chi connectivity index (χ4v) is 1.60. The maximum atomic E-state index is 11.7. The molecule has 0 N–H and O–H groups in total. The second-order valence-corrected chi connectivity index (χ2v) is 4.94. The summed E-state index contributed by atoms with van der Waals surface area (Å²) in [5.74, 6) is 2.13. The topological polar surface area (TPSA) is 38.8 Å². The van der Waals surface area contributed by atoms with Crippen molar-refractivity contribution in [2.24, 2.45) is 5.92 Å². The van der Waals surface area contributed by atoms with Gasteiger partial charge >= 0.3 is 0 Å². The molecule has 0 aliphatic heterocycles. The number of amides is 1. The molecule has 0 radical (unpaired) electrons. The van der Waals surface area contributed by atoms with E-state index in [1.807, 2.05) is 45.2 Å². The number of methoxy groups -OCH3 is 1. The minimum absolute atomic E-state index is 0.160. The lowest BCUT2D eigenvalue weighted by molar-refractivity contribution is -0.130. The highest BCUT2D eigenvalue weighted by Crippen LogP contribution is 2.16. The highest BCUT2D eigenvalue weighted by atomic mass is 16.5. The molecule has 0 fully saturated rings. The van der Waals surface area contributed by atoms with Gasteiger partial charge in [-0.3, -0.25) is 4.79 Å². The van der Waals surface area contributed by atoms with Crippen LogP contribution in [0.2, 0.25) is 0 Å². The van der Waals surface area contributed by atoms with Crippen LogP contribution in [-0.2, 0) is 4.79 Å². The summed E-state index contributed by atoms with van der Waals surface area (Å²) in [5.41, 5.74) is 0. The van der Waals surface area contributed by atoms with Crippen molar-refractivity contribution in [3.05, 3.63) is 24.3 Å². The Morgan fingerprint density at radius 3 is 2.32 bits per heavy atom. The summed E-state index contributed by atoms with van der Waals surface area (Å²) in [5, 5.41) is 0. The lowest BCUT2D eigenvalue weighted by atomic mass is 10.1. The number of rotatable bonds is 7. The quantitative estimate of drug-likeness (QED) is 0.760. The van der Waals surface area contributed by atoms with Gasteiger partial charge in [-0.15, -0.1) is 0 Å². The van der Waals surface area contributed by atoms with E-state index < -0.39 is 0 Å². The highest BCUT2D eigenvalue weighted by molar-refractivity contribution is 5.76. The maximum Gasteiger partial charge on any atom is 0.222 e. The zero-order chi connectivity index (χ0) is 14.3. The van der Waals surface area contributed by atoms with E-state index in [-0.39, 0.29) is 5.91 Å². The van der Waals surface area contributed by atoms with E-state index in [2.05, 4.69) is 0 Å². The first kappa shape index (κ1) is 15.3. The van der Waals surface area contributed by atoms with Gasteiger partial charge in [-0.25, -0.2) is 0 Å². The molecule has 19 heavy (non-hydrogen) atoms. The molecule has 1 aromatic carbocycles. The molecule has 0 aliphatic rings. The van der Waals surface area contributed by atoms with Gasteiger partial charge in [-0.2, -0.15) is 0 Å². The Morgan fingerprint density at radius 1 is 1.21 bits per heavy atom. The number of hydrogen-bond donors (Lipinski definition) is 0. The molecule has 1 rings (SSSR count). The monoisotopic (exact) mass is 265 g/mol. The predicted molar refractivity (Wildman–Crippen MR) is 75.6 cm³/mol. The normalized spacial score (nSPS) is 10.4. The van der Waals surface area contributed by atoms with Gasteiger partial charge in [0.05, 0.1) is 13.7 Å². The van der Waals surface area contributed by atoms with Crippen LogP contribution in [0.1, 0.15) is 20.3 Å². The third-order valence-corrected chi connectivity index (χ3v) is 2.76. The van der Waals surface area contributed by atoms with E-state index >= 15 is 0 Å². The summed E-state index contributed by atoms with van der Waals surface area (Å²) in [6.45, 7) is 5.17. The highest BCUT2D eigenvalue weighted by Gasteiger charge is 2.10. The van der Waals surface area contributed by atoms with Crippen LogP contribution >= 0.6 is 0 Å². The number of likely N-dealkylation sites (N-methyl/N-ethyl adjacent to an activating group) is 1. The Labute approximate surface area is 115 Å². The van der Waals surface area contributed by atoms with Gasteiger partial charge in [0.2, 0.25) is 5.91 Å². The van der Waals surface area contributed by atoms with Gasteiger partial charge in [0.25, 0.3) is 0 Å². The van der Waals surface area contributed by atoms with E-state index in [1.165, 1.54) is 0 Å². The van der Waals surface area contributed by atoms with Gasteiger partial charge in [-0.1, -0.05) is 13.8 Å². The molecule has 0 saturated heterocycles. The maximum absolute atomic E-state index is 11.7. The smallest absolute Gasteiger partial charge is 0.222 e. The van der Waals surface area contributed by atoms with Crippen LogP contribution in [0.25, 0.3) is 0 Å². The summed E-state index contributed by atoms with van der Waals surface area (Å²) >= 11 is 0. The molecule has 0 heterocycles. The first-order valence-electron chi connectivity index (χ1n) is 6.53. The number of benzene rings is 1. The Hall–Kier alpha value is -1.71. The number of nitrogens with zero attached hydrogens (tertiary/aromatic N) is 1. The molecular weight excluding hydrogens is 242 g/mol. The van der Waals surface area contributed by atoms with E-state index in [9.17, 15) is 4.79 Å². The van der Waals surface area contributed by atoms with Crippen molar-refractivity contribution >= 4 is 5.91 Å². The van der Waals surface area contributed by atoms with Crippen molar-refractivity contribution in [1.82, 2.24) is 4.90 Å². The first-order valence-corrected chi connectivity index (χ1v) is 6.53. The van der Waals surface area contributed by atoms with E-state index in [0.29, 0.717) is 25.5 Å². The molecule has 0 atom stereocenters. The zero-order valence-corrected chi connectivity index (χ0v) is 12.2. The lowest BCUT2D eigenvalue weighted by Gasteiger charge is -2.18. The van der Waals surface area contributed by atoms with Crippen molar-refractivity contribution in [3.8, 4) is 11.5 Å². The molecule has 0 unspecified atom stereocenters. The van der Waals surface area contributed by atoms with Gasteiger partial charge in [0.1, 0.15) is 18.1 Å². The van der Waals surface area contributed by atoms with Gasteiger partial charge < -0.3 is 14.4 Å². The third kappa shape index (κ3) is 5.64. The SMILES string of the molecule is COc1ccc(OCCN(C)C(=O)CC(C)C)cc1. The molecule has 0 aromatic heterocycles. The number of carbonyl (C=O) groups excluding carboxylic acids is 1. The fourth-order valence-electron chi connectivity index (χ4n) is 1.60.